The quantitative estimate of drug-likeness (QED) is 0.845. The summed E-state index contributed by atoms with van der Waals surface area (Å²) in [5, 5.41) is 4.57. The van der Waals surface area contributed by atoms with Crippen LogP contribution < -0.4 is 0 Å². The smallest absolute Gasteiger partial charge is 0.224 e. The highest BCUT2D eigenvalue weighted by Gasteiger charge is 2.28. The summed E-state index contributed by atoms with van der Waals surface area (Å²) in [7, 11) is 0. The van der Waals surface area contributed by atoms with Crippen LogP contribution in [0.2, 0.25) is 0 Å². The average Bonchev–Trinajstić information content (AvgIpc) is 3.18. The molecule has 5 nitrogen and oxygen atoms in total. The van der Waals surface area contributed by atoms with Gasteiger partial charge in [0.05, 0.1) is 18.3 Å². The van der Waals surface area contributed by atoms with Crippen molar-refractivity contribution in [2.45, 2.75) is 65.1 Å². The summed E-state index contributed by atoms with van der Waals surface area (Å²) >= 11 is 0. The number of likely N-dealkylation sites (tertiary alicyclic amines) is 1. The Morgan fingerprint density at radius 1 is 1.29 bits per heavy atom. The number of hydrogen-bond donors (Lipinski definition) is 0. The molecule has 1 amide bonds. The number of amides is 1. The van der Waals surface area contributed by atoms with Gasteiger partial charge < -0.3 is 9.47 Å². The van der Waals surface area contributed by atoms with Crippen molar-refractivity contribution in [1.82, 2.24) is 19.2 Å². The first-order valence-corrected chi connectivity index (χ1v) is 8.97. The minimum atomic E-state index is 0.198. The third kappa shape index (κ3) is 3.71. The van der Waals surface area contributed by atoms with Crippen molar-refractivity contribution >= 4 is 5.91 Å². The molecule has 0 unspecified atom stereocenters. The maximum atomic E-state index is 12.9. The summed E-state index contributed by atoms with van der Waals surface area (Å²) in [4.78, 5) is 15.0. The summed E-state index contributed by atoms with van der Waals surface area (Å²) in [6.07, 6.45) is 7.99. The van der Waals surface area contributed by atoms with Crippen LogP contribution in [0.15, 0.2) is 30.6 Å². The van der Waals surface area contributed by atoms with Gasteiger partial charge in [-0.2, -0.15) is 5.10 Å². The van der Waals surface area contributed by atoms with Crippen LogP contribution in [0.3, 0.4) is 0 Å². The van der Waals surface area contributed by atoms with E-state index in [9.17, 15) is 4.79 Å². The molecule has 1 saturated heterocycles. The maximum absolute atomic E-state index is 12.9. The molecule has 3 rings (SSSR count). The number of rotatable bonds is 5. The molecular weight excluding hydrogens is 300 g/mol. The van der Waals surface area contributed by atoms with E-state index in [4.69, 9.17) is 0 Å². The Bertz CT molecular complexity index is 674. The highest BCUT2D eigenvalue weighted by molar-refractivity contribution is 5.77. The van der Waals surface area contributed by atoms with Crippen LogP contribution >= 0.6 is 0 Å². The zero-order valence-corrected chi connectivity index (χ0v) is 15.0. The van der Waals surface area contributed by atoms with Crippen molar-refractivity contribution in [2.24, 2.45) is 0 Å². The van der Waals surface area contributed by atoms with Gasteiger partial charge in [0.25, 0.3) is 0 Å². The Balaban J connectivity index is 1.67. The fraction of sp³-hybridized carbons (Fsp3) is 0.579. The lowest BCUT2D eigenvalue weighted by molar-refractivity contribution is -0.136. The van der Waals surface area contributed by atoms with E-state index in [0.717, 1.165) is 31.6 Å². The van der Waals surface area contributed by atoms with Gasteiger partial charge in [0.1, 0.15) is 0 Å². The highest BCUT2D eigenvalue weighted by Crippen LogP contribution is 2.22. The predicted molar refractivity (Wildman–Crippen MR) is 94.8 cm³/mol. The molecule has 2 aromatic rings. The van der Waals surface area contributed by atoms with E-state index in [1.54, 1.807) is 0 Å². The first-order valence-electron chi connectivity index (χ1n) is 8.97. The number of nitrogens with zero attached hydrogens (tertiary/aromatic N) is 4. The van der Waals surface area contributed by atoms with Crippen molar-refractivity contribution in [1.29, 1.82) is 0 Å². The van der Waals surface area contributed by atoms with Crippen LogP contribution in [0.4, 0.5) is 0 Å². The number of aromatic nitrogens is 3. The Labute approximate surface area is 144 Å². The van der Waals surface area contributed by atoms with E-state index in [0.29, 0.717) is 6.42 Å². The van der Waals surface area contributed by atoms with Crippen LogP contribution in [0.1, 0.15) is 50.0 Å². The topological polar surface area (TPSA) is 43.1 Å². The monoisotopic (exact) mass is 328 g/mol. The highest BCUT2D eigenvalue weighted by atomic mass is 16.2. The lowest BCUT2D eigenvalue weighted by atomic mass is 10.0. The Hall–Kier alpha value is -2.04. The summed E-state index contributed by atoms with van der Waals surface area (Å²) in [6, 6.07) is 6.58. The van der Waals surface area contributed by atoms with Crippen LogP contribution in [-0.2, 0) is 11.3 Å². The summed E-state index contributed by atoms with van der Waals surface area (Å²) in [5.74, 6) is 0.266. The van der Waals surface area contributed by atoms with Crippen molar-refractivity contribution in [3.63, 3.8) is 0 Å². The largest absolute Gasteiger partial charge is 0.351 e. The fourth-order valence-electron chi connectivity index (χ4n) is 3.70. The average molecular weight is 328 g/mol. The zero-order chi connectivity index (χ0) is 17.1. The minimum absolute atomic E-state index is 0.198. The molecule has 5 heteroatoms. The van der Waals surface area contributed by atoms with E-state index < -0.39 is 0 Å². The standard InChI is InChI=1S/C19H28N4O/c1-15-12-17(3)23(20-15)14-18-8-4-5-11-22(18)19(24)13-16(2)21-9-6-7-10-21/h6-7,9-10,12,16,18H,4-5,8,11,13-14H2,1-3H3/t16-,18+/m1/s1. The fourth-order valence-corrected chi connectivity index (χ4v) is 3.70. The van der Waals surface area contributed by atoms with Crippen LogP contribution in [0, 0.1) is 13.8 Å². The van der Waals surface area contributed by atoms with E-state index >= 15 is 0 Å². The second-order valence-corrected chi connectivity index (χ2v) is 7.03. The van der Waals surface area contributed by atoms with Gasteiger partial charge in [-0.1, -0.05) is 0 Å². The number of carbonyl (C=O) groups excluding carboxylic acids is 1. The van der Waals surface area contributed by atoms with Gasteiger partial charge in [0, 0.05) is 37.1 Å². The minimum Gasteiger partial charge on any atom is -0.351 e. The Morgan fingerprint density at radius 3 is 2.71 bits per heavy atom. The zero-order valence-electron chi connectivity index (χ0n) is 15.0. The van der Waals surface area contributed by atoms with Gasteiger partial charge in [-0.3, -0.25) is 9.48 Å². The second-order valence-electron chi connectivity index (χ2n) is 7.03. The number of aryl methyl sites for hydroxylation is 2. The molecule has 0 saturated carbocycles. The second kappa shape index (κ2) is 7.24. The summed E-state index contributed by atoms with van der Waals surface area (Å²) < 4.78 is 4.17. The first kappa shape index (κ1) is 16.8. The summed E-state index contributed by atoms with van der Waals surface area (Å²) in [5.41, 5.74) is 2.22. The van der Waals surface area contributed by atoms with Gasteiger partial charge in [-0.25, -0.2) is 0 Å². The number of hydrogen-bond acceptors (Lipinski definition) is 2. The molecule has 0 spiro atoms. The molecule has 1 aliphatic heterocycles. The Morgan fingerprint density at radius 2 is 2.04 bits per heavy atom. The molecule has 0 aromatic carbocycles. The van der Waals surface area contributed by atoms with Crippen molar-refractivity contribution in [3.05, 3.63) is 42.0 Å². The predicted octanol–water partition coefficient (Wildman–Crippen LogP) is 3.33. The summed E-state index contributed by atoms with van der Waals surface area (Å²) in [6.45, 7) is 7.90. The van der Waals surface area contributed by atoms with E-state index in [2.05, 4.69) is 39.2 Å². The van der Waals surface area contributed by atoms with Gasteiger partial charge in [0.2, 0.25) is 5.91 Å². The third-order valence-corrected chi connectivity index (χ3v) is 5.04. The van der Waals surface area contributed by atoms with Crippen LogP contribution in [0.5, 0.6) is 0 Å². The van der Waals surface area contributed by atoms with Crippen molar-refractivity contribution in [3.8, 4) is 0 Å². The first-order chi connectivity index (χ1) is 11.5. The number of carbonyl (C=O) groups is 1. The van der Waals surface area contributed by atoms with Gasteiger partial charge in [0.15, 0.2) is 0 Å². The molecule has 3 heterocycles. The van der Waals surface area contributed by atoms with Crippen molar-refractivity contribution < 1.29 is 4.79 Å². The molecular formula is C19H28N4O. The molecule has 2 atom stereocenters. The van der Waals surface area contributed by atoms with Crippen LogP contribution in [-0.4, -0.2) is 37.7 Å². The van der Waals surface area contributed by atoms with E-state index in [-0.39, 0.29) is 18.0 Å². The van der Waals surface area contributed by atoms with Crippen LogP contribution in [0.25, 0.3) is 0 Å². The lowest BCUT2D eigenvalue weighted by Gasteiger charge is -2.36. The SMILES string of the molecule is Cc1cc(C)n(C[C@@H]2CCCCN2C(=O)C[C@@H](C)n2cccc2)n1. The third-order valence-electron chi connectivity index (χ3n) is 5.04. The number of piperidine rings is 1. The molecule has 0 radical (unpaired) electrons. The molecule has 0 bridgehead atoms. The molecule has 0 N–H and O–H groups in total. The lowest BCUT2D eigenvalue weighted by Crippen LogP contribution is -2.46. The molecule has 1 fully saturated rings. The molecule has 130 valence electrons. The van der Waals surface area contributed by atoms with Crippen molar-refractivity contribution in [2.75, 3.05) is 6.54 Å². The van der Waals surface area contributed by atoms with Gasteiger partial charge in [-0.15, -0.1) is 0 Å². The molecule has 2 aromatic heterocycles. The van der Waals surface area contributed by atoms with Gasteiger partial charge >= 0.3 is 0 Å². The normalized spacial score (nSPS) is 19.5. The Kier molecular flexibility index (Phi) is 5.07. The van der Waals surface area contributed by atoms with E-state index in [1.165, 1.54) is 12.1 Å². The van der Waals surface area contributed by atoms with Gasteiger partial charge in [-0.05, 0) is 58.2 Å². The molecule has 24 heavy (non-hydrogen) atoms. The maximum Gasteiger partial charge on any atom is 0.224 e. The molecule has 0 aliphatic carbocycles. The molecule has 1 aliphatic rings. The van der Waals surface area contributed by atoms with E-state index in [1.807, 2.05) is 31.5 Å².